The van der Waals surface area contributed by atoms with E-state index in [1.54, 1.807) is 36.4 Å². The molecule has 3 aromatic carbocycles. The Morgan fingerprint density at radius 3 is 2.26 bits per heavy atom. The zero-order valence-corrected chi connectivity index (χ0v) is 17.9. The molecular weight excluding hydrogens is 388 g/mol. The number of anilines is 2. The van der Waals surface area contributed by atoms with Gasteiger partial charge in [-0.15, -0.1) is 0 Å². The van der Waals surface area contributed by atoms with Gasteiger partial charge in [0, 0.05) is 11.4 Å². The molecule has 0 fully saturated rings. The largest absolute Gasteiger partial charge is 0.493 e. The Hall–Kier alpha value is -3.60. The first kappa shape index (κ1) is 22.1. The lowest BCUT2D eigenvalue weighted by atomic mass is 10.1. The molecule has 3 rings (SSSR count). The molecule has 5 nitrogen and oxygen atoms in total. The quantitative estimate of drug-likeness (QED) is 0.481. The average molecular weight is 417 g/mol. The van der Waals surface area contributed by atoms with Crippen LogP contribution in [0.25, 0.3) is 0 Å². The summed E-state index contributed by atoms with van der Waals surface area (Å²) in [5, 5.41) is 5.77. The number of ether oxygens (including phenoxy) is 1. The zero-order valence-electron chi connectivity index (χ0n) is 17.9. The molecule has 5 heteroatoms. The number of carbonyl (C=O) groups excluding carboxylic acids is 2. The van der Waals surface area contributed by atoms with Crippen molar-refractivity contribution in [3.8, 4) is 5.75 Å². The van der Waals surface area contributed by atoms with Gasteiger partial charge in [0.05, 0.1) is 18.6 Å². The third-order valence-corrected chi connectivity index (χ3v) is 4.70. The smallest absolute Gasteiger partial charge is 0.259 e. The molecule has 3 aromatic rings. The fourth-order valence-electron chi connectivity index (χ4n) is 3.04. The highest BCUT2D eigenvalue weighted by Crippen LogP contribution is 2.22. The van der Waals surface area contributed by atoms with Gasteiger partial charge in [-0.25, -0.2) is 0 Å². The molecule has 0 saturated carbocycles. The fourth-order valence-corrected chi connectivity index (χ4v) is 3.04. The van der Waals surface area contributed by atoms with Crippen LogP contribution in [-0.2, 0) is 11.2 Å². The number of carbonyl (C=O) groups is 2. The van der Waals surface area contributed by atoms with E-state index >= 15 is 0 Å². The predicted octanol–water partition coefficient (Wildman–Crippen LogP) is 5.55. The summed E-state index contributed by atoms with van der Waals surface area (Å²) in [6, 6.07) is 23.9. The minimum absolute atomic E-state index is 0.112. The topological polar surface area (TPSA) is 67.4 Å². The molecule has 0 heterocycles. The minimum Gasteiger partial charge on any atom is -0.493 e. The molecule has 0 bridgehead atoms. The van der Waals surface area contributed by atoms with Crippen LogP contribution in [0.3, 0.4) is 0 Å². The van der Waals surface area contributed by atoms with E-state index in [4.69, 9.17) is 4.74 Å². The highest BCUT2D eigenvalue weighted by atomic mass is 16.5. The van der Waals surface area contributed by atoms with E-state index in [1.165, 1.54) is 0 Å². The molecule has 160 valence electrons. The van der Waals surface area contributed by atoms with E-state index in [0.717, 1.165) is 12.0 Å². The number of para-hydroxylation sites is 1. The van der Waals surface area contributed by atoms with Crippen molar-refractivity contribution < 1.29 is 14.3 Å². The molecule has 0 aliphatic rings. The maximum absolute atomic E-state index is 12.8. The molecule has 0 atom stereocenters. The van der Waals surface area contributed by atoms with Gasteiger partial charge in [-0.3, -0.25) is 9.59 Å². The lowest BCUT2D eigenvalue weighted by Gasteiger charge is -2.13. The average Bonchev–Trinajstić information content (AvgIpc) is 2.74. The van der Waals surface area contributed by atoms with Gasteiger partial charge in [0.25, 0.3) is 5.91 Å². The monoisotopic (exact) mass is 416 g/mol. The van der Waals surface area contributed by atoms with Gasteiger partial charge < -0.3 is 15.4 Å². The van der Waals surface area contributed by atoms with Gasteiger partial charge in [-0.1, -0.05) is 62.4 Å². The van der Waals surface area contributed by atoms with Crippen LogP contribution in [0.1, 0.15) is 36.2 Å². The molecule has 0 radical (unpaired) electrons. The van der Waals surface area contributed by atoms with Crippen LogP contribution in [-0.4, -0.2) is 18.4 Å². The molecule has 31 heavy (non-hydrogen) atoms. The molecule has 2 amide bonds. The molecule has 2 N–H and O–H groups in total. The van der Waals surface area contributed by atoms with E-state index < -0.39 is 0 Å². The first-order valence-corrected chi connectivity index (χ1v) is 10.5. The second-order valence-corrected chi connectivity index (χ2v) is 7.77. The minimum atomic E-state index is -0.257. The van der Waals surface area contributed by atoms with Crippen LogP contribution in [0, 0.1) is 5.92 Å². The summed E-state index contributed by atoms with van der Waals surface area (Å²) in [7, 11) is 0. The van der Waals surface area contributed by atoms with Crippen LogP contribution in [0.4, 0.5) is 11.4 Å². The maximum Gasteiger partial charge on any atom is 0.259 e. The second-order valence-electron chi connectivity index (χ2n) is 7.77. The van der Waals surface area contributed by atoms with Crippen molar-refractivity contribution in [3.63, 3.8) is 0 Å². The third-order valence-electron chi connectivity index (χ3n) is 4.70. The van der Waals surface area contributed by atoms with Gasteiger partial charge in [-0.05, 0) is 48.2 Å². The lowest BCUT2D eigenvalue weighted by Crippen LogP contribution is -2.16. The Morgan fingerprint density at radius 1 is 0.839 bits per heavy atom. The van der Waals surface area contributed by atoms with Gasteiger partial charge in [0.2, 0.25) is 5.91 Å². The second kappa shape index (κ2) is 11.0. The van der Waals surface area contributed by atoms with Crippen LogP contribution in [0.15, 0.2) is 78.9 Å². The number of nitrogens with one attached hydrogen (secondary N) is 2. The van der Waals surface area contributed by atoms with Crippen LogP contribution in [0.2, 0.25) is 0 Å². The predicted molar refractivity (Wildman–Crippen MR) is 125 cm³/mol. The van der Waals surface area contributed by atoms with Crippen molar-refractivity contribution in [2.75, 3.05) is 17.2 Å². The third kappa shape index (κ3) is 7.00. The standard InChI is InChI=1S/C26H28N2O3/c1-19(2)15-16-31-24-14-7-6-13-23(24)26(30)28-22-12-8-11-21(18-22)27-25(29)17-20-9-4-3-5-10-20/h3-14,18-19H,15-17H2,1-2H3,(H,27,29)(H,28,30). The Morgan fingerprint density at radius 2 is 1.52 bits per heavy atom. The van der Waals surface area contributed by atoms with Gasteiger partial charge in [0.1, 0.15) is 5.75 Å². The lowest BCUT2D eigenvalue weighted by molar-refractivity contribution is -0.115. The molecule has 0 aromatic heterocycles. The van der Waals surface area contributed by atoms with Gasteiger partial charge >= 0.3 is 0 Å². The summed E-state index contributed by atoms with van der Waals surface area (Å²) in [6.45, 7) is 4.83. The van der Waals surface area contributed by atoms with E-state index in [0.29, 0.717) is 41.6 Å². The summed E-state index contributed by atoms with van der Waals surface area (Å²) < 4.78 is 5.82. The van der Waals surface area contributed by atoms with E-state index in [-0.39, 0.29) is 11.8 Å². The molecule has 0 spiro atoms. The van der Waals surface area contributed by atoms with Crippen molar-refractivity contribution >= 4 is 23.2 Å². The molecule has 0 aliphatic carbocycles. The first-order chi connectivity index (χ1) is 15.0. The number of amides is 2. The van der Waals surface area contributed by atoms with Crippen molar-refractivity contribution in [3.05, 3.63) is 90.0 Å². The summed E-state index contributed by atoms with van der Waals surface area (Å²) in [6.07, 6.45) is 1.21. The molecule has 0 unspecified atom stereocenters. The SMILES string of the molecule is CC(C)CCOc1ccccc1C(=O)Nc1cccc(NC(=O)Cc2ccccc2)c1. The number of rotatable bonds is 9. The first-order valence-electron chi connectivity index (χ1n) is 10.5. The number of benzene rings is 3. The summed E-state index contributed by atoms with van der Waals surface area (Å²) in [4.78, 5) is 25.1. The van der Waals surface area contributed by atoms with Crippen LogP contribution >= 0.6 is 0 Å². The van der Waals surface area contributed by atoms with E-state index in [1.807, 2.05) is 42.5 Å². The summed E-state index contributed by atoms with van der Waals surface area (Å²) >= 11 is 0. The Labute approximate surface area is 183 Å². The van der Waals surface area contributed by atoms with Crippen molar-refractivity contribution in [1.29, 1.82) is 0 Å². The van der Waals surface area contributed by atoms with Crippen molar-refractivity contribution in [2.24, 2.45) is 5.92 Å². The maximum atomic E-state index is 12.8. The summed E-state index contributed by atoms with van der Waals surface area (Å²) in [5.74, 6) is 0.722. The number of hydrogen-bond donors (Lipinski definition) is 2. The van der Waals surface area contributed by atoms with Crippen LogP contribution in [0.5, 0.6) is 5.75 Å². The van der Waals surface area contributed by atoms with Crippen LogP contribution < -0.4 is 15.4 Å². The van der Waals surface area contributed by atoms with Crippen molar-refractivity contribution in [1.82, 2.24) is 0 Å². The fraction of sp³-hybridized carbons (Fsp3) is 0.231. The Balaban J connectivity index is 1.63. The van der Waals surface area contributed by atoms with E-state index in [2.05, 4.69) is 24.5 Å². The highest BCUT2D eigenvalue weighted by molar-refractivity contribution is 6.06. The number of hydrogen-bond acceptors (Lipinski definition) is 3. The van der Waals surface area contributed by atoms with Gasteiger partial charge in [-0.2, -0.15) is 0 Å². The van der Waals surface area contributed by atoms with Crippen molar-refractivity contribution in [2.45, 2.75) is 26.7 Å². The molecule has 0 aliphatic heterocycles. The molecular formula is C26H28N2O3. The van der Waals surface area contributed by atoms with Gasteiger partial charge in [0.15, 0.2) is 0 Å². The normalized spacial score (nSPS) is 10.5. The summed E-state index contributed by atoms with van der Waals surface area (Å²) in [5.41, 5.74) is 2.64. The van der Waals surface area contributed by atoms with E-state index in [9.17, 15) is 9.59 Å². The Bertz CT molecular complexity index is 1020. The molecule has 0 saturated heterocycles. The highest BCUT2D eigenvalue weighted by Gasteiger charge is 2.13. The Kier molecular flexibility index (Phi) is 7.82. The zero-order chi connectivity index (χ0) is 22.1.